The van der Waals surface area contributed by atoms with Crippen molar-refractivity contribution in [1.29, 1.82) is 0 Å². The Labute approximate surface area is 173 Å². The zero-order valence-electron chi connectivity index (χ0n) is 17.4. The van der Waals surface area contributed by atoms with E-state index in [0.717, 1.165) is 56.6 Å². The molecule has 2 saturated heterocycles. The van der Waals surface area contributed by atoms with Crippen molar-refractivity contribution in [2.45, 2.75) is 63.2 Å². The van der Waals surface area contributed by atoms with Crippen molar-refractivity contribution < 1.29 is 9.59 Å². The van der Waals surface area contributed by atoms with Crippen LogP contribution in [0.3, 0.4) is 0 Å². The second-order valence-electron chi connectivity index (χ2n) is 9.53. The Morgan fingerprint density at radius 2 is 1.68 bits per heavy atom. The molecule has 4 rings (SSSR count). The van der Waals surface area contributed by atoms with Crippen molar-refractivity contribution >= 4 is 23.6 Å². The zero-order chi connectivity index (χ0) is 19.9. The van der Waals surface area contributed by atoms with E-state index in [0.29, 0.717) is 5.91 Å². The number of carbonyl (C=O) groups excluding carboxylic acids is 2. The molecule has 2 amide bonds. The van der Waals surface area contributed by atoms with Gasteiger partial charge in [-0.05, 0) is 48.8 Å². The van der Waals surface area contributed by atoms with Gasteiger partial charge >= 0.3 is 0 Å². The van der Waals surface area contributed by atoms with Gasteiger partial charge in [-0.1, -0.05) is 39.3 Å². The van der Waals surface area contributed by atoms with E-state index in [1.165, 1.54) is 12.0 Å². The Bertz CT molecular complexity index is 741. The third-order valence-electron chi connectivity index (χ3n) is 6.73. The highest BCUT2D eigenvalue weighted by Crippen LogP contribution is 2.45. The predicted molar refractivity (Wildman–Crippen MR) is 115 cm³/mol. The molecule has 1 aromatic rings. The minimum atomic E-state index is -0.129. The van der Waals surface area contributed by atoms with Crippen LogP contribution in [-0.4, -0.2) is 51.9 Å². The summed E-state index contributed by atoms with van der Waals surface area (Å²) in [5.74, 6) is 1.75. The molecule has 3 aliphatic rings. The molecule has 2 heterocycles. The fraction of sp³-hybridized carbons (Fsp3) is 0.652. The SMILES string of the molecule is CC(C)(C)c1ccc(C(=O)N2CCSC23CCN(C(=O)C2CCC2)CC3)cc1. The highest BCUT2D eigenvalue weighted by atomic mass is 32.2. The molecule has 0 bridgehead atoms. The van der Waals surface area contributed by atoms with Crippen LogP contribution in [0.25, 0.3) is 0 Å². The molecule has 0 aromatic heterocycles. The second-order valence-corrected chi connectivity index (χ2v) is 11.0. The van der Waals surface area contributed by atoms with Crippen LogP contribution in [0, 0.1) is 5.92 Å². The van der Waals surface area contributed by atoms with Crippen molar-refractivity contribution in [2.75, 3.05) is 25.4 Å². The van der Waals surface area contributed by atoms with Gasteiger partial charge in [-0.2, -0.15) is 0 Å². The molecule has 0 unspecified atom stereocenters. The van der Waals surface area contributed by atoms with Gasteiger partial charge in [-0.15, -0.1) is 11.8 Å². The molecule has 4 nitrogen and oxygen atoms in total. The number of amides is 2. The molecular weight excluding hydrogens is 368 g/mol. The van der Waals surface area contributed by atoms with Gasteiger partial charge in [-0.3, -0.25) is 9.59 Å². The van der Waals surface area contributed by atoms with Gasteiger partial charge in [-0.25, -0.2) is 0 Å². The number of likely N-dealkylation sites (tertiary alicyclic amines) is 1. The maximum Gasteiger partial charge on any atom is 0.254 e. The quantitative estimate of drug-likeness (QED) is 0.743. The van der Waals surface area contributed by atoms with Crippen LogP contribution in [-0.2, 0) is 10.2 Å². The summed E-state index contributed by atoms with van der Waals surface area (Å²) >= 11 is 1.91. The number of thioether (sulfide) groups is 1. The van der Waals surface area contributed by atoms with E-state index in [9.17, 15) is 9.59 Å². The van der Waals surface area contributed by atoms with Gasteiger partial charge in [0.1, 0.15) is 0 Å². The maximum absolute atomic E-state index is 13.3. The standard InChI is InChI=1S/C23H32N2O2S/c1-22(2,3)19-9-7-18(8-10-19)21(27)25-15-16-28-23(25)11-13-24(14-12-23)20(26)17-5-4-6-17/h7-10,17H,4-6,11-16H2,1-3H3. The summed E-state index contributed by atoms with van der Waals surface area (Å²) in [6.45, 7) is 8.95. The molecule has 28 heavy (non-hydrogen) atoms. The minimum Gasteiger partial charge on any atom is -0.342 e. The average Bonchev–Trinajstić information content (AvgIpc) is 3.02. The lowest BCUT2D eigenvalue weighted by molar-refractivity contribution is -0.139. The topological polar surface area (TPSA) is 40.6 Å². The lowest BCUT2D eigenvalue weighted by atomic mass is 9.84. The summed E-state index contributed by atoms with van der Waals surface area (Å²) in [7, 11) is 0. The fourth-order valence-electron chi connectivity index (χ4n) is 4.57. The van der Waals surface area contributed by atoms with Crippen LogP contribution in [0.15, 0.2) is 24.3 Å². The van der Waals surface area contributed by atoms with Gasteiger partial charge in [0, 0.05) is 36.9 Å². The lowest BCUT2D eigenvalue weighted by Crippen LogP contribution is -2.54. The monoisotopic (exact) mass is 400 g/mol. The van der Waals surface area contributed by atoms with Crippen LogP contribution in [0.4, 0.5) is 0 Å². The number of hydrogen-bond acceptors (Lipinski definition) is 3. The summed E-state index contributed by atoms with van der Waals surface area (Å²) in [6.07, 6.45) is 5.10. The molecular formula is C23H32N2O2S. The van der Waals surface area contributed by atoms with Gasteiger partial charge in [0.25, 0.3) is 5.91 Å². The highest BCUT2D eigenvalue weighted by Gasteiger charge is 2.47. The Kier molecular flexibility index (Phi) is 5.24. The number of benzene rings is 1. The number of piperidine rings is 1. The molecule has 1 saturated carbocycles. The van der Waals surface area contributed by atoms with Crippen molar-refractivity contribution in [3.63, 3.8) is 0 Å². The number of rotatable bonds is 2. The molecule has 1 spiro atoms. The number of carbonyl (C=O) groups is 2. The molecule has 0 atom stereocenters. The van der Waals surface area contributed by atoms with Gasteiger partial charge < -0.3 is 9.80 Å². The van der Waals surface area contributed by atoms with Gasteiger partial charge in [0.05, 0.1) is 4.87 Å². The van der Waals surface area contributed by atoms with E-state index >= 15 is 0 Å². The van der Waals surface area contributed by atoms with Gasteiger partial charge in [0.2, 0.25) is 5.91 Å². The van der Waals surface area contributed by atoms with Crippen molar-refractivity contribution in [2.24, 2.45) is 5.92 Å². The molecule has 3 fully saturated rings. The van der Waals surface area contributed by atoms with Crippen LogP contribution < -0.4 is 0 Å². The summed E-state index contributed by atoms with van der Waals surface area (Å²) < 4.78 is 0. The maximum atomic E-state index is 13.3. The van der Waals surface area contributed by atoms with Crippen molar-refractivity contribution in [1.82, 2.24) is 9.80 Å². The van der Waals surface area contributed by atoms with E-state index in [4.69, 9.17) is 0 Å². The average molecular weight is 401 g/mol. The number of nitrogens with zero attached hydrogens (tertiary/aromatic N) is 2. The van der Waals surface area contributed by atoms with Crippen molar-refractivity contribution in [3.8, 4) is 0 Å². The Morgan fingerprint density at radius 3 is 2.21 bits per heavy atom. The molecule has 0 N–H and O–H groups in total. The molecule has 2 aliphatic heterocycles. The third kappa shape index (κ3) is 3.58. The summed E-state index contributed by atoms with van der Waals surface area (Å²) in [4.78, 5) is 29.9. The Balaban J connectivity index is 1.44. The summed E-state index contributed by atoms with van der Waals surface area (Å²) in [5.41, 5.74) is 2.12. The first-order valence-electron chi connectivity index (χ1n) is 10.7. The van der Waals surface area contributed by atoms with E-state index in [2.05, 4.69) is 42.7 Å². The minimum absolute atomic E-state index is 0.0894. The molecule has 152 valence electrons. The van der Waals surface area contributed by atoms with E-state index < -0.39 is 0 Å². The molecule has 1 aliphatic carbocycles. The fourth-order valence-corrected chi connectivity index (χ4v) is 6.02. The Hall–Kier alpha value is -1.49. The molecule has 1 aromatic carbocycles. The number of hydrogen-bond donors (Lipinski definition) is 0. The van der Waals surface area contributed by atoms with Crippen LogP contribution in [0.1, 0.15) is 68.8 Å². The summed E-state index contributed by atoms with van der Waals surface area (Å²) in [6, 6.07) is 8.13. The van der Waals surface area contributed by atoms with E-state index in [1.807, 2.05) is 23.9 Å². The first kappa shape index (κ1) is 19.8. The molecule has 0 radical (unpaired) electrons. The smallest absolute Gasteiger partial charge is 0.254 e. The lowest BCUT2D eigenvalue weighted by Gasteiger charge is -2.45. The zero-order valence-corrected chi connectivity index (χ0v) is 18.2. The van der Waals surface area contributed by atoms with Crippen LogP contribution in [0.2, 0.25) is 0 Å². The molecule has 5 heteroatoms. The largest absolute Gasteiger partial charge is 0.342 e. The second kappa shape index (κ2) is 7.40. The first-order chi connectivity index (χ1) is 13.3. The normalized spacial score (nSPS) is 22.4. The third-order valence-corrected chi connectivity index (χ3v) is 8.28. The van der Waals surface area contributed by atoms with Crippen molar-refractivity contribution in [3.05, 3.63) is 35.4 Å². The van der Waals surface area contributed by atoms with Gasteiger partial charge in [0.15, 0.2) is 0 Å². The van der Waals surface area contributed by atoms with E-state index in [1.54, 1.807) is 0 Å². The Morgan fingerprint density at radius 1 is 1.04 bits per heavy atom. The van der Waals surface area contributed by atoms with Crippen LogP contribution >= 0.6 is 11.8 Å². The van der Waals surface area contributed by atoms with E-state index in [-0.39, 0.29) is 22.1 Å². The first-order valence-corrected chi connectivity index (χ1v) is 11.6. The highest BCUT2D eigenvalue weighted by molar-refractivity contribution is 8.00. The predicted octanol–water partition coefficient (Wildman–Crippen LogP) is 4.29. The summed E-state index contributed by atoms with van der Waals surface area (Å²) in [5, 5.41) is 0. The van der Waals surface area contributed by atoms with Crippen LogP contribution in [0.5, 0.6) is 0 Å².